The molecule has 0 radical (unpaired) electrons. The Morgan fingerprint density at radius 1 is 1.13 bits per heavy atom. The summed E-state index contributed by atoms with van der Waals surface area (Å²) in [5.41, 5.74) is 0. The summed E-state index contributed by atoms with van der Waals surface area (Å²) >= 11 is 0. The lowest BCUT2D eigenvalue weighted by molar-refractivity contribution is 0.0932. The molecule has 0 saturated carbocycles. The van der Waals surface area contributed by atoms with E-state index in [0.717, 1.165) is 51.7 Å². The van der Waals surface area contributed by atoms with Gasteiger partial charge in [0.1, 0.15) is 0 Å². The maximum Gasteiger partial charge on any atom is 0.0487 e. The fraction of sp³-hybridized carbons (Fsp3) is 1.00. The molecule has 3 heteroatoms. The average Bonchev–Trinajstić information content (AvgIpc) is 2.27. The molecule has 0 heterocycles. The van der Waals surface area contributed by atoms with Crippen molar-refractivity contribution in [3.63, 3.8) is 0 Å². The van der Waals surface area contributed by atoms with Gasteiger partial charge in [-0.1, -0.05) is 20.3 Å². The van der Waals surface area contributed by atoms with Gasteiger partial charge in [0.05, 0.1) is 0 Å². The van der Waals surface area contributed by atoms with Crippen molar-refractivity contribution in [3.05, 3.63) is 0 Å². The van der Waals surface area contributed by atoms with Gasteiger partial charge in [0.25, 0.3) is 0 Å². The van der Waals surface area contributed by atoms with E-state index >= 15 is 0 Å². The Bertz CT molecular complexity index is 120. The quantitative estimate of drug-likeness (QED) is 0.537. The summed E-state index contributed by atoms with van der Waals surface area (Å²) in [6.07, 6.45) is 3.39. The molecule has 0 aromatic heterocycles. The maximum absolute atomic E-state index is 5.54. The van der Waals surface area contributed by atoms with Crippen molar-refractivity contribution in [1.29, 1.82) is 0 Å². The largest absolute Gasteiger partial charge is 0.385 e. The predicted molar refractivity (Wildman–Crippen MR) is 64.3 cm³/mol. The SMILES string of the molecule is CCNCC(CC)CCOCCCOC. The van der Waals surface area contributed by atoms with Crippen LogP contribution in [0.15, 0.2) is 0 Å². The summed E-state index contributed by atoms with van der Waals surface area (Å²) < 4.78 is 10.5. The molecule has 0 rings (SSSR count). The Balaban J connectivity index is 3.22. The van der Waals surface area contributed by atoms with Crippen LogP contribution >= 0.6 is 0 Å². The van der Waals surface area contributed by atoms with Crippen LogP contribution in [0.2, 0.25) is 0 Å². The Morgan fingerprint density at radius 3 is 2.53 bits per heavy atom. The Hall–Kier alpha value is -0.120. The Kier molecular flexibility index (Phi) is 11.9. The highest BCUT2D eigenvalue weighted by molar-refractivity contribution is 4.59. The van der Waals surface area contributed by atoms with Gasteiger partial charge in [-0.05, 0) is 31.8 Å². The minimum atomic E-state index is 0.757. The number of rotatable bonds is 11. The average molecular weight is 217 g/mol. The van der Waals surface area contributed by atoms with E-state index in [1.165, 1.54) is 6.42 Å². The molecule has 3 nitrogen and oxygen atoms in total. The van der Waals surface area contributed by atoms with Crippen LogP contribution < -0.4 is 5.32 Å². The van der Waals surface area contributed by atoms with Gasteiger partial charge in [-0.25, -0.2) is 0 Å². The number of methoxy groups -OCH3 is 1. The second-order valence-corrected chi connectivity index (χ2v) is 3.83. The van der Waals surface area contributed by atoms with Crippen molar-refractivity contribution < 1.29 is 9.47 Å². The molecule has 1 atom stereocenters. The molecular formula is C12H27NO2. The number of nitrogens with one attached hydrogen (secondary N) is 1. The van der Waals surface area contributed by atoms with Gasteiger partial charge in [-0.15, -0.1) is 0 Å². The van der Waals surface area contributed by atoms with E-state index < -0.39 is 0 Å². The third kappa shape index (κ3) is 10.2. The molecule has 0 aliphatic rings. The predicted octanol–water partition coefficient (Wildman–Crippen LogP) is 2.07. The third-order valence-corrected chi connectivity index (χ3v) is 2.57. The van der Waals surface area contributed by atoms with Crippen molar-refractivity contribution in [2.45, 2.75) is 33.1 Å². The summed E-state index contributed by atoms with van der Waals surface area (Å²) in [5.74, 6) is 0.757. The molecule has 0 amide bonds. The zero-order valence-corrected chi connectivity index (χ0v) is 10.6. The smallest absolute Gasteiger partial charge is 0.0487 e. The van der Waals surface area contributed by atoms with Crippen LogP contribution in [0.3, 0.4) is 0 Å². The van der Waals surface area contributed by atoms with Crippen LogP contribution in [0, 0.1) is 5.92 Å². The molecule has 0 spiro atoms. The van der Waals surface area contributed by atoms with Crippen LogP contribution in [0.25, 0.3) is 0 Å². The molecule has 15 heavy (non-hydrogen) atoms. The zero-order chi connectivity index (χ0) is 11.4. The van der Waals surface area contributed by atoms with Crippen molar-refractivity contribution in [3.8, 4) is 0 Å². The van der Waals surface area contributed by atoms with E-state index in [4.69, 9.17) is 9.47 Å². The van der Waals surface area contributed by atoms with Crippen molar-refractivity contribution in [1.82, 2.24) is 5.32 Å². The highest BCUT2D eigenvalue weighted by atomic mass is 16.5. The van der Waals surface area contributed by atoms with Crippen molar-refractivity contribution in [2.24, 2.45) is 5.92 Å². The molecule has 0 aliphatic heterocycles. The fourth-order valence-electron chi connectivity index (χ4n) is 1.46. The van der Waals surface area contributed by atoms with E-state index in [-0.39, 0.29) is 0 Å². The van der Waals surface area contributed by atoms with Gasteiger partial charge in [0.15, 0.2) is 0 Å². The molecule has 0 aromatic rings. The van der Waals surface area contributed by atoms with Gasteiger partial charge in [0, 0.05) is 26.9 Å². The normalized spacial score (nSPS) is 13.0. The first-order valence-electron chi connectivity index (χ1n) is 6.12. The second-order valence-electron chi connectivity index (χ2n) is 3.83. The topological polar surface area (TPSA) is 30.5 Å². The lowest BCUT2D eigenvalue weighted by atomic mass is 10.0. The Morgan fingerprint density at radius 2 is 1.93 bits per heavy atom. The molecule has 0 bridgehead atoms. The van der Waals surface area contributed by atoms with Gasteiger partial charge >= 0.3 is 0 Å². The molecule has 1 unspecified atom stereocenters. The monoisotopic (exact) mass is 217 g/mol. The van der Waals surface area contributed by atoms with Crippen molar-refractivity contribution >= 4 is 0 Å². The molecule has 1 N–H and O–H groups in total. The van der Waals surface area contributed by atoms with Crippen LogP contribution in [-0.2, 0) is 9.47 Å². The molecule has 0 aliphatic carbocycles. The van der Waals surface area contributed by atoms with Gasteiger partial charge in [-0.3, -0.25) is 0 Å². The lowest BCUT2D eigenvalue weighted by Crippen LogP contribution is -2.23. The number of ether oxygens (including phenoxy) is 2. The second kappa shape index (κ2) is 12.0. The first-order valence-corrected chi connectivity index (χ1v) is 6.12. The Labute approximate surface area is 94.5 Å². The van der Waals surface area contributed by atoms with E-state index in [1.807, 2.05) is 0 Å². The molecule has 0 aromatic carbocycles. The minimum Gasteiger partial charge on any atom is -0.385 e. The highest BCUT2D eigenvalue weighted by Crippen LogP contribution is 2.06. The van der Waals surface area contributed by atoms with E-state index in [0.29, 0.717) is 0 Å². The third-order valence-electron chi connectivity index (χ3n) is 2.57. The maximum atomic E-state index is 5.54. The summed E-state index contributed by atoms with van der Waals surface area (Å²) in [5, 5.41) is 3.38. The molecule has 0 fully saturated rings. The van der Waals surface area contributed by atoms with E-state index in [9.17, 15) is 0 Å². The summed E-state index contributed by atoms with van der Waals surface area (Å²) in [4.78, 5) is 0. The van der Waals surface area contributed by atoms with Crippen LogP contribution in [0.5, 0.6) is 0 Å². The van der Waals surface area contributed by atoms with Crippen LogP contribution in [-0.4, -0.2) is 40.0 Å². The summed E-state index contributed by atoms with van der Waals surface area (Å²) in [6.45, 7) is 9.08. The fourth-order valence-corrected chi connectivity index (χ4v) is 1.46. The standard InChI is InChI=1S/C12H27NO2/c1-4-12(11-13-5-2)7-10-15-9-6-8-14-3/h12-13H,4-11H2,1-3H3. The first kappa shape index (κ1) is 14.9. The number of hydrogen-bond acceptors (Lipinski definition) is 3. The van der Waals surface area contributed by atoms with Crippen LogP contribution in [0.1, 0.15) is 33.1 Å². The first-order chi connectivity index (χ1) is 7.35. The molecule has 92 valence electrons. The van der Waals surface area contributed by atoms with Gasteiger partial charge < -0.3 is 14.8 Å². The molecule has 0 saturated heterocycles. The highest BCUT2D eigenvalue weighted by Gasteiger charge is 2.04. The zero-order valence-electron chi connectivity index (χ0n) is 10.6. The van der Waals surface area contributed by atoms with Gasteiger partial charge in [-0.2, -0.15) is 0 Å². The van der Waals surface area contributed by atoms with Crippen LogP contribution in [0.4, 0.5) is 0 Å². The van der Waals surface area contributed by atoms with Crippen molar-refractivity contribution in [2.75, 3.05) is 40.0 Å². The van der Waals surface area contributed by atoms with E-state index in [2.05, 4.69) is 19.2 Å². The number of hydrogen-bond donors (Lipinski definition) is 1. The summed E-state index contributed by atoms with van der Waals surface area (Å²) in [7, 11) is 1.73. The molecular weight excluding hydrogens is 190 g/mol. The van der Waals surface area contributed by atoms with Gasteiger partial charge in [0.2, 0.25) is 0 Å². The lowest BCUT2D eigenvalue weighted by Gasteiger charge is -2.14. The van der Waals surface area contributed by atoms with E-state index in [1.54, 1.807) is 7.11 Å². The minimum absolute atomic E-state index is 0.757. The summed E-state index contributed by atoms with van der Waals surface area (Å²) in [6, 6.07) is 0.